The summed E-state index contributed by atoms with van der Waals surface area (Å²) in [5.74, 6) is -2.62. The number of carbonyl (C=O) groups is 2. The molecule has 0 aliphatic carbocycles. The van der Waals surface area contributed by atoms with Gasteiger partial charge in [0.05, 0.1) is 6.54 Å². The second-order valence-electron chi connectivity index (χ2n) is 6.17. The maximum Gasteiger partial charge on any atom is 0.346 e. The van der Waals surface area contributed by atoms with Gasteiger partial charge in [0, 0.05) is 5.92 Å². The van der Waals surface area contributed by atoms with E-state index >= 15 is 0 Å². The average molecular weight is 377 g/mol. The van der Waals surface area contributed by atoms with Crippen LogP contribution in [0.25, 0.3) is 0 Å². The van der Waals surface area contributed by atoms with Gasteiger partial charge in [-0.25, -0.2) is 13.6 Å². The Kier molecular flexibility index (Phi) is 7.28. The lowest BCUT2D eigenvalue weighted by Crippen LogP contribution is -2.42. The van der Waals surface area contributed by atoms with Crippen molar-refractivity contribution >= 4 is 11.9 Å². The number of ether oxygens (including phenoxy) is 1. The summed E-state index contributed by atoms with van der Waals surface area (Å²) in [5, 5.41) is 11.8. The van der Waals surface area contributed by atoms with Crippen molar-refractivity contribution in [2.45, 2.75) is 25.9 Å². The van der Waals surface area contributed by atoms with Crippen LogP contribution in [0.3, 0.4) is 0 Å². The van der Waals surface area contributed by atoms with E-state index in [2.05, 4.69) is 5.32 Å². The minimum absolute atomic E-state index is 0.186. The van der Waals surface area contributed by atoms with E-state index in [4.69, 9.17) is 4.74 Å². The number of carboxylic acid groups (broad SMARTS) is 1. The molecule has 2 N–H and O–H groups in total. The van der Waals surface area contributed by atoms with Crippen LogP contribution < -0.4 is 10.1 Å². The summed E-state index contributed by atoms with van der Waals surface area (Å²) in [6.45, 7) is 1.45. The lowest BCUT2D eigenvalue weighted by Gasteiger charge is -2.18. The van der Waals surface area contributed by atoms with Crippen molar-refractivity contribution in [1.82, 2.24) is 5.32 Å². The summed E-state index contributed by atoms with van der Waals surface area (Å²) < 4.78 is 31.8. The van der Waals surface area contributed by atoms with Gasteiger partial charge in [-0.3, -0.25) is 4.79 Å². The highest BCUT2D eigenvalue weighted by Gasteiger charge is 2.22. The van der Waals surface area contributed by atoms with Gasteiger partial charge in [-0.05, 0) is 48.7 Å². The third-order valence-corrected chi connectivity index (χ3v) is 4.08. The van der Waals surface area contributed by atoms with Crippen molar-refractivity contribution in [3.05, 3.63) is 65.7 Å². The molecule has 0 bridgehead atoms. The molecule has 2 atom stereocenters. The molecule has 0 fully saturated rings. The van der Waals surface area contributed by atoms with Crippen molar-refractivity contribution in [2.24, 2.45) is 5.92 Å². The lowest BCUT2D eigenvalue weighted by molar-refractivity contribution is -0.145. The maximum atomic E-state index is 13.6. The fraction of sp³-hybridized carbons (Fsp3) is 0.300. The largest absolute Gasteiger partial charge is 0.478 e. The Morgan fingerprint density at radius 2 is 1.78 bits per heavy atom. The zero-order chi connectivity index (χ0) is 19.8. The quantitative estimate of drug-likeness (QED) is 0.704. The molecule has 5 nitrogen and oxygen atoms in total. The highest BCUT2D eigenvalue weighted by atomic mass is 19.1. The van der Waals surface area contributed by atoms with Crippen molar-refractivity contribution < 1.29 is 28.2 Å². The first-order valence-corrected chi connectivity index (χ1v) is 8.53. The molecular weight excluding hydrogens is 356 g/mol. The van der Waals surface area contributed by atoms with Crippen LogP contribution in [0, 0.1) is 17.6 Å². The third-order valence-electron chi connectivity index (χ3n) is 4.08. The number of carboxylic acids is 1. The number of rotatable bonds is 9. The Balaban J connectivity index is 1.84. The van der Waals surface area contributed by atoms with E-state index in [0.717, 1.165) is 12.1 Å². The van der Waals surface area contributed by atoms with E-state index in [-0.39, 0.29) is 24.0 Å². The van der Waals surface area contributed by atoms with E-state index in [1.807, 2.05) is 0 Å². The van der Waals surface area contributed by atoms with Gasteiger partial charge in [0.2, 0.25) is 12.0 Å². The highest BCUT2D eigenvalue weighted by molar-refractivity contribution is 5.80. The van der Waals surface area contributed by atoms with Gasteiger partial charge in [-0.15, -0.1) is 0 Å². The lowest BCUT2D eigenvalue weighted by atomic mass is 10.00. The Labute approximate surface area is 156 Å². The zero-order valence-electron chi connectivity index (χ0n) is 14.8. The summed E-state index contributed by atoms with van der Waals surface area (Å²) in [6.07, 6.45) is -0.489. The van der Waals surface area contributed by atoms with Crippen molar-refractivity contribution in [2.75, 3.05) is 6.54 Å². The molecule has 0 aliphatic rings. The summed E-state index contributed by atoms with van der Waals surface area (Å²) in [5.41, 5.74) is 0.528. The van der Waals surface area contributed by atoms with E-state index in [1.165, 1.54) is 18.2 Å². The molecule has 144 valence electrons. The van der Waals surface area contributed by atoms with Crippen LogP contribution in [0.15, 0.2) is 48.5 Å². The number of amides is 1. The molecule has 0 aliphatic heterocycles. The molecule has 0 radical (unpaired) electrons. The van der Waals surface area contributed by atoms with Crippen molar-refractivity contribution in [3.8, 4) is 5.75 Å². The number of benzene rings is 2. The minimum atomic E-state index is -1.31. The Bertz CT molecular complexity index is 780. The molecule has 0 saturated heterocycles. The maximum absolute atomic E-state index is 13.6. The summed E-state index contributed by atoms with van der Waals surface area (Å²) in [7, 11) is 0. The number of carbonyl (C=O) groups excluding carboxylic acids is 1. The van der Waals surface area contributed by atoms with Gasteiger partial charge in [0.15, 0.2) is 0 Å². The average Bonchev–Trinajstić information content (AvgIpc) is 2.65. The number of nitrogens with one attached hydrogen (secondary N) is 1. The van der Waals surface area contributed by atoms with Crippen LogP contribution >= 0.6 is 0 Å². The molecule has 0 saturated carbocycles. The highest BCUT2D eigenvalue weighted by Crippen LogP contribution is 2.15. The van der Waals surface area contributed by atoms with Crippen LogP contribution in [-0.2, 0) is 16.0 Å². The van der Waals surface area contributed by atoms with E-state index in [1.54, 1.807) is 25.1 Å². The number of aliphatic carboxylic acids is 1. The van der Waals surface area contributed by atoms with Gasteiger partial charge in [0.25, 0.3) is 0 Å². The predicted octanol–water partition coefficient (Wildman–Crippen LogP) is 3.18. The van der Waals surface area contributed by atoms with Crippen LogP contribution in [-0.4, -0.2) is 29.6 Å². The monoisotopic (exact) mass is 377 g/mol. The Morgan fingerprint density at radius 1 is 1.11 bits per heavy atom. The second-order valence-corrected chi connectivity index (χ2v) is 6.17. The molecular formula is C20H21F2NO4. The Hall–Kier alpha value is -2.96. The van der Waals surface area contributed by atoms with Crippen LogP contribution in [0.4, 0.5) is 8.78 Å². The molecule has 27 heavy (non-hydrogen) atoms. The number of halogens is 2. The minimum Gasteiger partial charge on any atom is -0.478 e. The van der Waals surface area contributed by atoms with Gasteiger partial charge >= 0.3 is 5.97 Å². The summed E-state index contributed by atoms with van der Waals surface area (Å²) >= 11 is 0. The SMILES string of the molecule is CC(CCc1ccccc1F)C(=O)NCC(Oc1ccc(F)cc1)C(=O)O. The first-order valence-electron chi connectivity index (χ1n) is 8.53. The van der Waals surface area contributed by atoms with E-state index in [0.29, 0.717) is 18.4 Å². The van der Waals surface area contributed by atoms with Gasteiger partial charge in [-0.2, -0.15) is 0 Å². The number of aryl methyl sites for hydroxylation is 1. The smallest absolute Gasteiger partial charge is 0.346 e. The van der Waals surface area contributed by atoms with E-state index < -0.39 is 23.8 Å². The summed E-state index contributed by atoms with van der Waals surface area (Å²) in [6, 6.07) is 11.3. The van der Waals surface area contributed by atoms with Crippen molar-refractivity contribution in [1.29, 1.82) is 0 Å². The fourth-order valence-corrected chi connectivity index (χ4v) is 2.43. The van der Waals surface area contributed by atoms with Gasteiger partial charge in [0.1, 0.15) is 17.4 Å². The zero-order valence-corrected chi connectivity index (χ0v) is 14.8. The normalized spacial score (nSPS) is 12.9. The first-order chi connectivity index (χ1) is 12.9. The van der Waals surface area contributed by atoms with Gasteiger partial charge in [-0.1, -0.05) is 25.1 Å². The molecule has 0 heterocycles. The standard InChI is InChI=1S/C20H21F2NO4/c1-13(6-7-14-4-2-3-5-17(14)22)19(24)23-12-18(20(25)26)27-16-10-8-15(21)9-11-16/h2-5,8-11,13,18H,6-7,12H2,1H3,(H,23,24)(H,25,26). The van der Waals surface area contributed by atoms with Crippen LogP contribution in [0.5, 0.6) is 5.75 Å². The third kappa shape index (κ3) is 6.36. The van der Waals surface area contributed by atoms with Crippen LogP contribution in [0.2, 0.25) is 0 Å². The topological polar surface area (TPSA) is 75.6 Å². The molecule has 0 aromatic heterocycles. The van der Waals surface area contributed by atoms with Gasteiger partial charge < -0.3 is 15.2 Å². The number of hydrogen-bond donors (Lipinski definition) is 2. The van der Waals surface area contributed by atoms with Crippen LogP contribution in [0.1, 0.15) is 18.9 Å². The fourth-order valence-electron chi connectivity index (χ4n) is 2.43. The van der Waals surface area contributed by atoms with Crippen molar-refractivity contribution in [3.63, 3.8) is 0 Å². The number of hydrogen-bond acceptors (Lipinski definition) is 3. The second kappa shape index (κ2) is 9.66. The predicted molar refractivity (Wildman–Crippen MR) is 95.3 cm³/mol. The molecule has 2 aromatic rings. The molecule has 2 rings (SSSR count). The summed E-state index contributed by atoms with van der Waals surface area (Å²) in [4.78, 5) is 23.5. The molecule has 2 unspecified atom stereocenters. The molecule has 0 spiro atoms. The van der Waals surface area contributed by atoms with E-state index in [9.17, 15) is 23.5 Å². The molecule has 2 aromatic carbocycles. The molecule has 1 amide bonds. The Morgan fingerprint density at radius 3 is 2.41 bits per heavy atom. The first kappa shape index (κ1) is 20.4. The molecule has 7 heteroatoms.